The lowest BCUT2D eigenvalue weighted by Crippen LogP contribution is -2.38. The number of aryl methyl sites for hydroxylation is 2. The van der Waals surface area contributed by atoms with Gasteiger partial charge in [-0.15, -0.1) is 0 Å². The van der Waals surface area contributed by atoms with Crippen molar-refractivity contribution in [3.8, 4) is 5.75 Å². The molecule has 0 saturated carbocycles. The second-order valence-electron chi connectivity index (χ2n) is 7.15. The van der Waals surface area contributed by atoms with Gasteiger partial charge >= 0.3 is 6.18 Å². The quantitative estimate of drug-likeness (QED) is 0.753. The Bertz CT molecular complexity index is 814. The minimum absolute atomic E-state index is 0.184. The number of hydrogen-bond acceptors (Lipinski definition) is 5. The Morgan fingerprint density at radius 2 is 1.86 bits per heavy atom. The topological polar surface area (TPSA) is 58.8 Å². The fourth-order valence-electron chi connectivity index (χ4n) is 3.33. The van der Waals surface area contributed by atoms with Crippen molar-refractivity contribution in [3.05, 3.63) is 46.8 Å². The molecule has 3 rings (SSSR count). The zero-order valence-corrected chi connectivity index (χ0v) is 16.5. The number of benzene rings is 1. The zero-order chi connectivity index (χ0) is 21.0. The molecule has 0 bridgehead atoms. The molecular weight excluding hydrogens is 387 g/mol. The smallest absolute Gasteiger partial charge is 0.401 e. The number of halogens is 3. The number of alkyl halides is 3. The molecule has 6 nitrogen and oxygen atoms in total. The van der Waals surface area contributed by atoms with Crippen molar-refractivity contribution < 1.29 is 27.2 Å². The second kappa shape index (κ2) is 8.86. The van der Waals surface area contributed by atoms with Crippen LogP contribution < -0.4 is 4.74 Å². The number of hydrogen-bond donors (Lipinski definition) is 0. The number of aromatic nitrogens is 1. The van der Waals surface area contributed by atoms with E-state index in [0.717, 1.165) is 11.3 Å². The molecular formula is C20H24F3N3O3. The van der Waals surface area contributed by atoms with Gasteiger partial charge in [-0.2, -0.15) is 13.2 Å². The lowest BCUT2D eigenvalue weighted by atomic mass is 10.2. The summed E-state index contributed by atoms with van der Waals surface area (Å²) in [6, 6.07) is 6.76. The fourth-order valence-corrected chi connectivity index (χ4v) is 3.33. The number of amides is 1. The Morgan fingerprint density at radius 3 is 2.48 bits per heavy atom. The first-order valence-corrected chi connectivity index (χ1v) is 9.46. The van der Waals surface area contributed by atoms with Crippen LogP contribution in [0.2, 0.25) is 0 Å². The summed E-state index contributed by atoms with van der Waals surface area (Å²) in [7, 11) is 0. The van der Waals surface area contributed by atoms with E-state index in [1.54, 1.807) is 29.2 Å². The van der Waals surface area contributed by atoms with Crippen molar-refractivity contribution in [1.29, 1.82) is 0 Å². The number of carbonyl (C=O) groups is 1. The molecule has 0 radical (unpaired) electrons. The maximum Gasteiger partial charge on any atom is 0.401 e. The van der Waals surface area contributed by atoms with E-state index < -0.39 is 12.7 Å². The van der Waals surface area contributed by atoms with Crippen molar-refractivity contribution in [2.24, 2.45) is 0 Å². The van der Waals surface area contributed by atoms with Gasteiger partial charge in [-0.3, -0.25) is 9.69 Å². The van der Waals surface area contributed by atoms with Crippen LogP contribution in [0.5, 0.6) is 5.75 Å². The van der Waals surface area contributed by atoms with Gasteiger partial charge in [0.2, 0.25) is 0 Å². The molecule has 1 aromatic heterocycles. The number of ether oxygens (including phenoxy) is 1. The SMILES string of the molecule is Cc1noc(C)c1COc1ccc(C(=O)N2CCCN(CC(F)(F)F)CC2)cc1. The number of rotatable bonds is 5. The lowest BCUT2D eigenvalue weighted by molar-refractivity contribution is -0.145. The van der Waals surface area contributed by atoms with E-state index in [0.29, 0.717) is 43.2 Å². The Labute approximate surface area is 167 Å². The molecule has 1 aromatic carbocycles. The standard InChI is InChI=1S/C20H24F3N3O3/c1-14-18(15(2)29-24-14)12-28-17-6-4-16(5-7-17)19(27)26-9-3-8-25(10-11-26)13-20(21,22)23/h4-7H,3,8-13H2,1-2H3. The molecule has 0 aliphatic carbocycles. The molecule has 158 valence electrons. The lowest BCUT2D eigenvalue weighted by Gasteiger charge is -2.23. The summed E-state index contributed by atoms with van der Waals surface area (Å²) in [6.45, 7) is 4.30. The van der Waals surface area contributed by atoms with E-state index in [1.807, 2.05) is 13.8 Å². The highest BCUT2D eigenvalue weighted by molar-refractivity contribution is 5.94. The van der Waals surface area contributed by atoms with Crippen molar-refractivity contribution in [3.63, 3.8) is 0 Å². The first-order chi connectivity index (χ1) is 13.7. The minimum atomic E-state index is -4.22. The average molecular weight is 411 g/mol. The molecule has 0 spiro atoms. The fraction of sp³-hybridized carbons (Fsp3) is 0.500. The van der Waals surface area contributed by atoms with Crippen molar-refractivity contribution >= 4 is 5.91 Å². The maximum absolute atomic E-state index is 12.7. The summed E-state index contributed by atoms with van der Waals surface area (Å²) < 4.78 is 48.6. The minimum Gasteiger partial charge on any atom is -0.489 e. The van der Waals surface area contributed by atoms with Crippen LogP contribution in [-0.2, 0) is 6.61 Å². The van der Waals surface area contributed by atoms with E-state index in [9.17, 15) is 18.0 Å². The summed E-state index contributed by atoms with van der Waals surface area (Å²) in [5.41, 5.74) is 2.15. The van der Waals surface area contributed by atoms with Gasteiger partial charge in [0.05, 0.1) is 17.8 Å². The summed E-state index contributed by atoms with van der Waals surface area (Å²) >= 11 is 0. The van der Waals surface area contributed by atoms with Crippen molar-refractivity contribution in [2.45, 2.75) is 33.1 Å². The summed E-state index contributed by atoms with van der Waals surface area (Å²) in [5.74, 6) is 1.12. The Kier molecular flexibility index (Phi) is 6.46. The van der Waals surface area contributed by atoms with Gasteiger partial charge in [-0.1, -0.05) is 5.16 Å². The third-order valence-electron chi connectivity index (χ3n) is 4.94. The van der Waals surface area contributed by atoms with Crippen LogP contribution in [0.25, 0.3) is 0 Å². The van der Waals surface area contributed by atoms with E-state index >= 15 is 0 Å². The Morgan fingerprint density at radius 1 is 1.14 bits per heavy atom. The molecule has 9 heteroatoms. The molecule has 0 unspecified atom stereocenters. The van der Waals surface area contributed by atoms with Gasteiger partial charge < -0.3 is 14.2 Å². The van der Waals surface area contributed by atoms with Gasteiger partial charge in [0.25, 0.3) is 5.91 Å². The molecule has 1 amide bonds. The van der Waals surface area contributed by atoms with E-state index in [-0.39, 0.29) is 19.0 Å². The van der Waals surface area contributed by atoms with Crippen LogP contribution >= 0.6 is 0 Å². The summed E-state index contributed by atoms with van der Waals surface area (Å²) in [6.07, 6.45) is -3.71. The van der Waals surface area contributed by atoms with Crippen LogP contribution in [0.15, 0.2) is 28.8 Å². The van der Waals surface area contributed by atoms with Gasteiger partial charge in [0.15, 0.2) is 0 Å². The van der Waals surface area contributed by atoms with Gasteiger partial charge in [0.1, 0.15) is 18.1 Å². The monoisotopic (exact) mass is 411 g/mol. The largest absolute Gasteiger partial charge is 0.489 e. The molecule has 1 aliphatic rings. The van der Waals surface area contributed by atoms with Crippen LogP contribution in [0.4, 0.5) is 13.2 Å². The Hall–Kier alpha value is -2.55. The predicted molar refractivity (Wildman–Crippen MR) is 99.8 cm³/mol. The molecule has 2 aromatic rings. The average Bonchev–Trinajstić information content (AvgIpc) is 2.84. The third kappa shape index (κ3) is 5.72. The molecule has 1 saturated heterocycles. The maximum atomic E-state index is 12.7. The van der Waals surface area contributed by atoms with Crippen LogP contribution in [0.1, 0.15) is 33.8 Å². The van der Waals surface area contributed by atoms with Gasteiger partial charge in [-0.25, -0.2) is 0 Å². The highest BCUT2D eigenvalue weighted by Gasteiger charge is 2.32. The second-order valence-corrected chi connectivity index (χ2v) is 7.15. The van der Waals surface area contributed by atoms with Crippen LogP contribution in [0.3, 0.4) is 0 Å². The number of nitrogens with zero attached hydrogens (tertiary/aromatic N) is 3. The van der Waals surface area contributed by atoms with E-state index in [4.69, 9.17) is 9.26 Å². The molecule has 29 heavy (non-hydrogen) atoms. The van der Waals surface area contributed by atoms with Crippen molar-refractivity contribution in [2.75, 3.05) is 32.7 Å². The van der Waals surface area contributed by atoms with Gasteiger partial charge in [0, 0.05) is 31.7 Å². The molecule has 0 atom stereocenters. The normalized spacial score (nSPS) is 16.0. The highest BCUT2D eigenvalue weighted by atomic mass is 19.4. The molecule has 2 heterocycles. The molecule has 1 fully saturated rings. The Balaban J connectivity index is 1.56. The molecule has 1 aliphatic heterocycles. The molecule has 0 N–H and O–H groups in total. The van der Waals surface area contributed by atoms with E-state index in [1.165, 1.54) is 4.90 Å². The summed E-state index contributed by atoms with van der Waals surface area (Å²) in [4.78, 5) is 15.7. The first-order valence-electron chi connectivity index (χ1n) is 9.46. The first kappa shape index (κ1) is 21.2. The van der Waals surface area contributed by atoms with Crippen LogP contribution in [0, 0.1) is 13.8 Å². The van der Waals surface area contributed by atoms with E-state index in [2.05, 4.69) is 5.16 Å². The zero-order valence-electron chi connectivity index (χ0n) is 16.5. The van der Waals surface area contributed by atoms with Crippen LogP contribution in [-0.4, -0.2) is 59.8 Å². The predicted octanol–water partition coefficient (Wildman–Crippen LogP) is 3.58. The summed E-state index contributed by atoms with van der Waals surface area (Å²) in [5, 5.41) is 3.88. The van der Waals surface area contributed by atoms with Crippen molar-refractivity contribution in [1.82, 2.24) is 15.0 Å². The highest BCUT2D eigenvalue weighted by Crippen LogP contribution is 2.20. The third-order valence-corrected chi connectivity index (χ3v) is 4.94. The number of carbonyl (C=O) groups excluding carboxylic acids is 1. The van der Waals surface area contributed by atoms with Gasteiger partial charge in [-0.05, 0) is 44.5 Å².